The molecular formula is C8H13BrN2S. The molecule has 12 heavy (non-hydrogen) atoms. The van der Waals surface area contributed by atoms with E-state index < -0.39 is 0 Å². The molecule has 0 aliphatic carbocycles. The largest absolute Gasteiger partial charge is 0.214 e. The average molecular weight is 249 g/mol. The van der Waals surface area contributed by atoms with E-state index in [0.29, 0.717) is 5.41 Å². The van der Waals surface area contributed by atoms with Gasteiger partial charge >= 0.3 is 0 Å². The van der Waals surface area contributed by atoms with Crippen LogP contribution in [0.4, 0.5) is 0 Å². The van der Waals surface area contributed by atoms with E-state index in [0.717, 1.165) is 22.6 Å². The Labute approximate surface area is 85.7 Å². The number of aromatic nitrogens is 2. The summed E-state index contributed by atoms with van der Waals surface area (Å²) in [6, 6.07) is 0. The second-order valence-electron chi connectivity index (χ2n) is 4.02. The maximum atomic E-state index is 4.24. The van der Waals surface area contributed by atoms with Gasteiger partial charge in [-0.25, -0.2) is 4.98 Å². The summed E-state index contributed by atoms with van der Waals surface area (Å²) in [6.07, 6.45) is 2.20. The van der Waals surface area contributed by atoms with Crippen molar-refractivity contribution in [1.82, 2.24) is 9.36 Å². The maximum Gasteiger partial charge on any atom is 0.209 e. The molecule has 0 unspecified atom stereocenters. The number of hydrogen-bond donors (Lipinski definition) is 0. The van der Waals surface area contributed by atoms with Gasteiger partial charge in [-0.3, -0.25) is 0 Å². The quantitative estimate of drug-likeness (QED) is 0.803. The smallest absolute Gasteiger partial charge is 0.209 e. The molecule has 0 fully saturated rings. The minimum Gasteiger partial charge on any atom is -0.214 e. The fraction of sp³-hybridized carbons (Fsp3) is 0.750. The van der Waals surface area contributed by atoms with Crippen LogP contribution in [0.5, 0.6) is 0 Å². The van der Waals surface area contributed by atoms with Gasteiger partial charge in [0.2, 0.25) is 4.73 Å². The van der Waals surface area contributed by atoms with Gasteiger partial charge in [-0.15, -0.1) is 0 Å². The lowest BCUT2D eigenvalue weighted by Gasteiger charge is -2.16. The lowest BCUT2D eigenvalue weighted by atomic mass is 9.91. The second-order valence-corrected chi connectivity index (χ2v) is 5.56. The van der Waals surface area contributed by atoms with E-state index in [9.17, 15) is 0 Å². The number of hydrogen-bond acceptors (Lipinski definition) is 3. The summed E-state index contributed by atoms with van der Waals surface area (Å²) in [5.74, 6) is 0. The maximum absolute atomic E-state index is 4.24. The Bertz CT molecular complexity index is 252. The van der Waals surface area contributed by atoms with Crippen LogP contribution in [-0.2, 0) is 6.42 Å². The van der Waals surface area contributed by atoms with Crippen LogP contribution < -0.4 is 0 Å². The molecule has 0 atom stereocenters. The molecule has 0 aliphatic rings. The van der Waals surface area contributed by atoms with Gasteiger partial charge in [0.05, 0.1) is 0 Å². The molecule has 1 aromatic heterocycles. The Kier molecular flexibility index (Phi) is 3.23. The van der Waals surface area contributed by atoms with Gasteiger partial charge in [-0.1, -0.05) is 20.8 Å². The second kappa shape index (κ2) is 3.83. The van der Waals surface area contributed by atoms with Crippen molar-refractivity contribution in [2.75, 3.05) is 0 Å². The van der Waals surface area contributed by atoms with Crippen molar-refractivity contribution in [3.05, 3.63) is 9.74 Å². The van der Waals surface area contributed by atoms with Crippen LogP contribution in [0.3, 0.4) is 0 Å². The van der Waals surface area contributed by atoms with Crippen molar-refractivity contribution in [3.8, 4) is 0 Å². The topological polar surface area (TPSA) is 25.8 Å². The van der Waals surface area contributed by atoms with Gasteiger partial charge in [-0.05, 0) is 39.3 Å². The Morgan fingerprint density at radius 1 is 1.42 bits per heavy atom. The molecule has 68 valence electrons. The minimum absolute atomic E-state index is 0.387. The number of halogens is 1. The van der Waals surface area contributed by atoms with E-state index in [1.54, 1.807) is 0 Å². The zero-order valence-corrected chi connectivity index (χ0v) is 10.00. The predicted octanol–water partition coefficient (Wildman–Crippen LogP) is 3.28. The monoisotopic (exact) mass is 248 g/mol. The zero-order valence-electron chi connectivity index (χ0n) is 7.59. The molecule has 0 aromatic carbocycles. The molecule has 1 aromatic rings. The molecule has 1 heterocycles. The highest BCUT2D eigenvalue weighted by atomic mass is 79.9. The number of nitrogens with zero attached hydrogens (tertiary/aromatic N) is 2. The lowest BCUT2D eigenvalue weighted by molar-refractivity contribution is 0.378. The predicted molar refractivity (Wildman–Crippen MR) is 55.4 cm³/mol. The van der Waals surface area contributed by atoms with Crippen LogP contribution in [0.1, 0.15) is 32.2 Å². The highest BCUT2D eigenvalue weighted by molar-refractivity contribution is 9.10. The van der Waals surface area contributed by atoms with Crippen molar-refractivity contribution in [2.24, 2.45) is 5.41 Å². The molecule has 0 amide bonds. The molecule has 0 radical (unpaired) electrons. The van der Waals surface area contributed by atoms with Crippen molar-refractivity contribution in [3.63, 3.8) is 0 Å². The van der Waals surface area contributed by atoms with Crippen LogP contribution in [-0.4, -0.2) is 9.36 Å². The molecule has 4 heteroatoms. The minimum atomic E-state index is 0.387. The highest BCUT2D eigenvalue weighted by Gasteiger charge is 2.11. The van der Waals surface area contributed by atoms with Gasteiger partial charge in [0, 0.05) is 6.42 Å². The summed E-state index contributed by atoms with van der Waals surface area (Å²) < 4.78 is 4.78. The molecule has 0 spiro atoms. The van der Waals surface area contributed by atoms with Crippen molar-refractivity contribution in [1.29, 1.82) is 0 Å². The van der Waals surface area contributed by atoms with E-state index in [-0.39, 0.29) is 0 Å². The molecule has 0 bridgehead atoms. The van der Waals surface area contributed by atoms with E-state index in [4.69, 9.17) is 0 Å². The standard InChI is InChI=1S/C8H13BrN2S/c1-8(2,3)5-4-6-10-7(9)11-12-6/h4-5H2,1-3H3. The van der Waals surface area contributed by atoms with Crippen LogP contribution in [0.15, 0.2) is 4.73 Å². The van der Waals surface area contributed by atoms with E-state index in [1.807, 2.05) is 0 Å². The summed E-state index contributed by atoms with van der Waals surface area (Å²) in [4.78, 5) is 4.24. The van der Waals surface area contributed by atoms with Crippen molar-refractivity contribution < 1.29 is 0 Å². The average Bonchev–Trinajstić information content (AvgIpc) is 2.30. The molecule has 0 aliphatic heterocycles. The van der Waals surface area contributed by atoms with Gasteiger partial charge in [-0.2, -0.15) is 4.37 Å². The number of aryl methyl sites for hydroxylation is 1. The van der Waals surface area contributed by atoms with Gasteiger partial charge in [0.1, 0.15) is 5.01 Å². The van der Waals surface area contributed by atoms with Crippen molar-refractivity contribution in [2.45, 2.75) is 33.6 Å². The Balaban J connectivity index is 2.44. The van der Waals surface area contributed by atoms with E-state index in [2.05, 4.69) is 46.1 Å². The summed E-state index contributed by atoms with van der Waals surface area (Å²) >= 11 is 4.72. The lowest BCUT2D eigenvalue weighted by Crippen LogP contribution is -2.06. The number of rotatable bonds is 2. The molecule has 0 saturated heterocycles. The Morgan fingerprint density at radius 2 is 2.08 bits per heavy atom. The first-order chi connectivity index (χ1) is 5.47. The SMILES string of the molecule is CC(C)(C)CCc1nc(Br)ns1. The Morgan fingerprint density at radius 3 is 2.50 bits per heavy atom. The summed E-state index contributed by atoms with van der Waals surface area (Å²) in [7, 11) is 0. The molecule has 1 rings (SSSR count). The van der Waals surface area contributed by atoms with Crippen LogP contribution in [0.25, 0.3) is 0 Å². The molecule has 2 nitrogen and oxygen atoms in total. The third kappa shape index (κ3) is 3.63. The molecular weight excluding hydrogens is 236 g/mol. The Hall–Kier alpha value is 0.0400. The normalized spacial score (nSPS) is 12.0. The first kappa shape index (κ1) is 10.1. The zero-order chi connectivity index (χ0) is 9.19. The summed E-state index contributed by atoms with van der Waals surface area (Å²) in [6.45, 7) is 6.72. The fourth-order valence-electron chi connectivity index (χ4n) is 0.818. The van der Waals surface area contributed by atoms with Gasteiger partial charge < -0.3 is 0 Å². The van der Waals surface area contributed by atoms with E-state index >= 15 is 0 Å². The molecule has 0 N–H and O–H groups in total. The first-order valence-electron chi connectivity index (χ1n) is 3.95. The first-order valence-corrected chi connectivity index (χ1v) is 5.52. The fourth-order valence-corrected chi connectivity index (χ4v) is 1.91. The summed E-state index contributed by atoms with van der Waals surface area (Å²) in [5.41, 5.74) is 0.387. The van der Waals surface area contributed by atoms with Crippen LogP contribution in [0.2, 0.25) is 0 Å². The highest BCUT2D eigenvalue weighted by Crippen LogP contribution is 2.22. The summed E-state index contributed by atoms with van der Waals surface area (Å²) in [5, 5.41) is 1.12. The van der Waals surface area contributed by atoms with Gasteiger partial charge in [0.25, 0.3) is 0 Å². The van der Waals surface area contributed by atoms with Crippen molar-refractivity contribution >= 4 is 27.5 Å². The third-order valence-corrected chi connectivity index (χ3v) is 2.89. The van der Waals surface area contributed by atoms with Crippen LogP contribution >= 0.6 is 27.5 Å². The third-order valence-electron chi connectivity index (χ3n) is 1.53. The van der Waals surface area contributed by atoms with Crippen LogP contribution in [0, 0.1) is 5.41 Å². The van der Waals surface area contributed by atoms with E-state index in [1.165, 1.54) is 11.5 Å². The van der Waals surface area contributed by atoms with Gasteiger partial charge in [0.15, 0.2) is 0 Å². The molecule has 0 saturated carbocycles.